The van der Waals surface area contributed by atoms with E-state index in [1.807, 2.05) is 36.5 Å². The van der Waals surface area contributed by atoms with E-state index in [1.54, 1.807) is 6.08 Å². The molecule has 4 rings (SSSR count). The third kappa shape index (κ3) is 3.68. The van der Waals surface area contributed by atoms with E-state index in [-0.39, 0.29) is 5.92 Å². The molecule has 2 heterocycles. The number of carboxylic acid groups (broad SMARTS) is 1. The molecule has 0 saturated carbocycles. The number of rotatable bonds is 3. The number of hydrogen-bond acceptors (Lipinski definition) is 3. The van der Waals surface area contributed by atoms with E-state index >= 15 is 0 Å². The number of piperidine rings is 1. The van der Waals surface area contributed by atoms with Gasteiger partial charge in [0.1, 0.15) is 0 Å². The van der Waals surface area contributed by atoms with Crippen LogP contribution in [-0.4, -0.2) is 29.1 Å². The summed E-state index contributed by atoms with van der Waals surface area (Å²) in [4.78, 5) is 15.9. The standard InChI is InChI=1S/C22H21ClN2O2/c23-17-4-5-18-16(13-17)12-15(3-6-20(26)27)19-2-1-9-25-22(19)21(18)14-7-10-24-11-8-14/h1-6,9,12-14,21,24H,7-8,10-11H2,(H,26,27)/b6-3+. The molecule has 0 spiro atoms. The fraction of sp³-hybridized carbons (Fsp3) is 0.273. The molecule has 1 fully saturated rings. The maximum absolute atomic E-state index is 11.1. The van der Waals surface area contributed by atoms with Gasteiger partial charge in [-0.3, -0.25) is 4.98 Å². The molecule has 1 aromatic carbocycles. The molecule has 1 aliphatic heterocycles. The van der Waals surface area contributed by atoms with Crippen LogP contribution in [0.3, 0.4) is 0 Å². The maximum atomic E-state index is 11.1. The highest BCUT2D eigenvalue weighted by Gasteiger charge is 2.32. The summed E-state index contributed by atoms with van der Waals surface area (Å²) >= 11 is 6.28. The largest absolute Gasteiger partial charge is 0.478 e. The SMILES string of the molecule is O=C(O)/C=C/C1=Cc2cc(Cl)ccc2C(C2CCNCC2)c2ncccc21. The summed E-state index contributed by atoms with van der Waals surface area (Å²) in [5.74, 6) is -0.314. The zero-order chi connectivity index (χ0) is 18.8. The van der Waals surface area contributed by atoms with E-state index in [0.29, 0.717) is 10.9 Å². The Bertz CT molecular complexity index is 930. The van der Waals surface area contributed by atoms with E-state index in [9.17, 15) is 4.79 Å². The second kappa shape index (κ2) is 7.67. The Morgan fingerprint density at radius 3 is 2.85 bits per heavy atom. The van der Waals surface area contributed by atoms with Gasteiger partial charge in [0.2, 0.25) is 0 Å². The van der Waals surface area contributed by atoms with Gasteiger partial charge in [-0.2, -0.15) is 0 Å². The molecule has 1 unspecified atom stereocenters. The minimum atomic E-state index is -0.966. The van der Waals surface area contributed by atoms with E-state index in [0.717, 1.165) is 48.3 Å². The first-order chi connectivity index (χ1) is 13.1. The lowest BCUT2D eigenvalue weighted by Gasteiger charge is -2.32. The number of allylic oxidation sites excluding steroid dienone is 2. The van der Waals surface area contributed by atoms with Crippen molar-refractivity contribution in [2.24, 2.45) is 5.92 Å². The van der Waals surface area contributed by atoms with Gasteiger partial charge >= 0.3 is 5.97 Å². The Morgan fingerprint density at radius 2 is 2.07 bits per heavy atom. The van der Waals surface area contributed by atoms with Crippen molar-refractivity contribution in [2.45, 2.75) is 18.8 Å². The molecule has 0 amide bonds. The number of aromatic nitrogens is 1. The minimum Gasteiger partial charge on any atom is -0.478 e. The van der Waals surface area contributed by atoms with Crippen LogP contribution in [0.4, 0.5) is 0 Å². The Morgan fingerprint density at radius 1 is 1.26 bits per heavy atom. The van der Waals surface area contributed by atoms with Crippen molar-refractivity contribution >= 4 is 29.2 Å². The van der Waals surface area contributed by atoms with Gasteiger partial charge in [0, 0.05) is 28.8 Å². The van der Waals surface area contributed by atoms with E-state index in [4.69, 9.17) is 21.7 Å². The van der Waals surface area contributed by atoms with E-state index < -0.39 is 5.97 Å². The van der Waals surface area contributed by atoms with Gasteiger partial charge in [-0.25, -0.2) is 4.79 Å². The first-order valence-corrected chi connectivity index (χ1v) is 9.59. The molecule has 2 aliphatic rings. The van der Waals surface area contributed by atoms with Gasteiger partial charge < -0.3 is 10.4 Å². The van der Waals surface area contributed by atoms with Crippen molar-refractivity contribution in [3.8, 4) is 0 Å². The van der Waals surface area contributed by atoms with Crippen LogP contribution in [0.2, 0.25) is 5.02 Å². The third-order valence-electron chi connectivity index (χ3n) is 5.40. The van der Waals surface area contributed by atoms with Crippen molar-refractivity contribution in [2.75, 3.05) is 13.1 Å². The van der Waals surface area contributed by atoms with Gasteiger partial charge in [-0.05, 0) is 78.9 Å². The van der Waals surface area contributed by atoms with Crippen LogP contribution in [0.25, 0.3) is 11.6 Å². The number of pyridine rings is 1. The molecule has 2 N–H and O–H groups in total. The summed E-state index contributed by atoms with van der Waals surface area (Å²) < 4.78 is 0. The number of halogens is 1. The van der Waals surface area contributed by atoms with Crippen LogP contribution in [0.15, 0.2) is 48.7 Å². The first kappa shape index (κ1) is 18.0. The second-order valence-corrected chi connectivity index (χ2v) is 7.48. The summed E-state index contributed by atoms with van der Waals surface area (Å²) in [7, 11) is 0. The molecule has 27 heavy (non-hydrogen) atoms. The molecule has 138 valence electrons. The Balaban J connectivity index is 1.93. The van der Waals surface area contributed by atoms with Crippen LogP contribution < -0.4 is 5.32 Å². The molecule has 0 bridgehead atoms. The van der Waals surface area contributed by atoms with Gasteiger partial charge in [-0.15, -0.1) is 0 Å². The first-order valence-electron chi connectivity index (χ1n) is 9.21. The number of fused-ring (bicyclic) bond motifs is 2. The summed E-state index contributed by atoms with van der Waals surface area (Å²) in [6, 6.07) is 9.93. The molecule has 0 radical (unpaired) electrons. The summed E-state index contributed by atoms with van der Waals surface area (Å²) in [6.07, 6.45) is 8.86. The number of hydrogen-bond donors (Lipinski definition) is 2. The average molecular weight is 381 g/mol. The lowest BCUT2D eigenvalue weighted by molar-refractivity contribution is -0.131. The molecule has 4 nitrogen and oxygen atoms in total. The number of carbonyl (C=O) groups is 1. The van der Waals surface area contributed by atoms with Crippen LogP contribution in [0.1, 0.15) is 41.1 Å². The number of benzene rings is 1. The molecule has 5 heteroatoms. The van der Waals surface area contributed by atoms with Crippen LogP contribution in [0, 0.1) is 5.92 Å². The Hall–Kier alpha value is -2.43. The van der Waals surface area contributed by atoms with Crippen LogP contribution in [0.5, 0.6) is 0 Å². The topological polar surface area (TPSA) is 62.2 Å². The molecule has 1 saturated heterocycles. The normalized spacial score (nSPS) is 19.9. The van der Waals surface area contributed by atoms with Gasteiger partial charge in [0.15, 0.2) is 0 Å². The number of aliphatic carboxylic acids is 1. The number of nitrogens with zero attached hydrogens (tertiary/aromatic N) is 1. The molecule has 1 atom stereocenters. The molecule has 1 aliphatic carbocycles. The van der Waals surface area contributed by atoms with Gasteiger partial charge in [0.25, 0.3) is 0 Å². The zero-order valence-electron chi connectivity index (χ0n) is 14.9. The summed E-state index contributed by atoms with van der Waals surface area (Å²) in [5.41, 5.74) is 5.11. The highest BCUT2D eigenvalue weighted by molar-refractivity contribution is 6.30. The lowest BCUT2D eigenvalue weighted by Crippen LogP contribution is -2.32. The Labute approximate surface area is 163 Å². The van der Waals surface area contributed by atoms with Gasteiger partial charge in [-0.1, -0.05) is 23.7 Å². The second-order valence-electron chi connectivity index (χ2n) is 7.05. The zero-order valence-corrected chi connectivity index (χ0v) is 15.6. The Kier molecular flexibility index (Phi) is 5.10. The highest BCUT2D eigenvalue weighted by Crippen LogP contribution is 2.44. The minimum absolute atomic E-state index is 0.169. The fourth-order valence-corrected chi connectivity index (χ4v) is 4.39. The predicted octanol–water partition coefficient (Wildman–Crippen LogP) is 4.36. The maximum Gasteiger partial charge on any atom is 0.328 e. The number of carboxylic acids is 1. The van der Waals surface area contributed by atoms with E-state index in [1.165, 1.54) is 11.6 Å². The van der Waals surface area contributed by atoms with Crippen molar-refractivity contribution < 1.29 is 9.90 Å². The smallest absolute Gasteiger partial charge is 0.328 e. The van der Waals surface area contributed by atoms with Crippen LogP contribution in [-0.2, 0) is 4.79 Å². The van der Waals surface area contributed by atoms with Gasteiger partial charge in [0.05, 0.1) is 5.69 Å². The molecular weight excluding hydrogens is 360 g/mol. The summed E-state index contributed by atoms with van der Waals surface area (Å²) in [5, 5.41) is 13.2. The molecule has 1 aromatic heterocycles. The van der Waals surface area contributed by atoms with E-state index in [2.05, 4.69) is 11.4 Å². The van der Waals surface area contributed by atoms with Crippen molar-refractivity contribution in [1.82, 2.24) is 10.3 Å². The predicted molar refractivity (Wildman–Crippen MR) is 108 cm³/mol. The van der Waals surface area contributed by atoms with Crippen molar-refractivity contribution in [3.05, 3.63) is 76.1 Å². The van der Waals surface area contributed by atoms with Crippen molar-refractivity contribution in [3.63, 3.8) is 0 Å². The average Bonchev–Trinajstić information content (AvgIpc) is 2.81. The lowest BCUT2D eigenvalue weighted by atomic mass is 9.76. The highest BCUT2D eigenvalue weighted by atomic mass is 35.5. The quantitative estimate of drug-likeness (QED) is 0.776. The third-order valence-corrected chi connectivity index (χ3v) is 5.63. The number of nitrogens with one attached hydrogen (secondary N) is 1. The monoisotopic (exact) mass is 380 g/mol. The van der Waals surface area contributed by atoms with Crippen molar-refractivity contribution in [1.29, 1.82) is 0 Å². The summed E-state index contributed by atoms with van der Waals surface area (Å²) in [6.45, 7) is 2.01. The van der Waals surface area contributed by atoms with Crippen LogP contribution >= 0.6 is 11.6 Å². The fourth-order valence-electron chi connectivity index (χ4n) is 4.21. The molecule has 2 aromatic rings. The molecular formula is C22H21ClN2O2.